The molecule has 2 atom stereocenters. The zero-order chi connectivity index (χ0) is 17.1. The molecule has 0 aliphatic carbocycles. The fourth-order valence-electron chi connectivity index (χ4n) is 4.18. The van der Waals surface area contributed by atoms with Crippen molar-refractivity contribution in [3.63, 3.8) is 0 Å². The Morgan fingerprint density at radius 3 is 2.96 bits per heavy atom. The molecule has 3 aliphatic rings. The van der Waals surface area contributed by atoms with Gasteiger partial charge in [0.2, 0.25) is 0 Å². The molecule has 3 aliphatic heterocycles. The second-order valence-corrected chi connectivity index (χ2v) is 7.38. The fraction of sp³-hybridized carbons (Fsp3) is 0.722. The van der Waals surface area contributed by atoms with Crippen LogP contribution in [0.25, 0.3) is 0 Å². The van der Waals surface area contributed by atoms with Gasteiger partial charge in [-0.05, 0) is 44.8 Å². The van der Waals surface area contributed by atoms with Crippen LogP contribution in [0.1, 0.15) is 36.0 Å². The smallest absolute Gasteiger partial charge is 0.255 e. The zero-order valence-corrected chi connectivity index (χ0v) is 14.6. The molecule has 1 amide bonds. The molecule has 0 saturated carbocycles. The van der Waals surface area contributed by atoms with Crippen molar-refractivity contribution in [1.82, 2.24) is 20.0 Å². The minimum Gasteiger partial charge on any atom is -0.377 e. The van der Waals surface area contributed by atoms with Crippen LogP contribution in [0.3, 0.4) is 0 Å². The largest absolute Gasteiger partial charge is 0.377 e. The number of ether oxygens (including phenoxy) is 2. The van der Waals surface area contributed by atoms with Gasteiger partial charge in [-0.1, -0.05) is 0 Å². The number of nitrogens with zero attached hydrogens (tertiary/aromatic N) is 4. The maximum Gasteiger partial charge on any atom is 0.255 e. The summed E-state index contributed by atoms with van der Waals surface area (Å²) in [7, 11) is 0. The highest BCUT2D eigenvalue weighted by Gasteiger charge is 2.44. The zero-order valence-electron chi connectivity index (χ0n) is 14.6. The molecule has 136 valence electrons. The molecule has 1 aromatic rings. The molecule has 4 rings (SSSR count). The van der Waals surface area contributed by atoms with Gasteiger partial charge in [-0.2, -0.15) is 10.2 Å². The SMILES string of the molecule is O=C(c1ccnnc1)N1CCOC[C@]2(CC[C@H](CN3CCCC3)O2)C1. The molecular formula is C18H26N4O3. The van der Waals surface area contributed by atoms with E-state index in [-0.39, 0.29) is 17.6 Å². The molecule has 7 heteroatoms. The van der Waals surface area contributed by atoms with Crippen LogP contribution in [0.2, 0.25) is 0 Å². The van der Waals surface area contributed by atoms with E-state index < -0.39 is 0 Å². The van der Waals surface area contributed by atoms with E-state index in [0.29, 0.717) is 31.9 Å². The fourth-order valence-corrected chi connectivity index (χ4v) is 4.18. The Kier molecular flexibility index (Phi) is 4.96. The number of amides is 1. The highest BCUT2D eigenvalue weighted by atomic mass is 16.6. The van der Waals surface area contributed by atoms with Crippen molar-refractivity contribution in [3.05, 3.63) is 24.0 Å². The lowest BCUT2D eigenvalue weighted by molar-refractivity contribution is -0.0890. The average Bonchev–Trinajstić information content (AvgIpc) is 3.23. The lowest BCUT2D eigenvalue weighted by atomic mass is 9.99. The molecule has 3 fully saturated rings. The summed E-state index contributed by atoms with van der Waals surface area (Å²) in [5.74, 6) is -0.0219. The van der Waals surface area contributed by atoms with E-state index in [0.717, 1.165) is 19.4 Å². The number of hydrogen-bond donors (Lipinski definition) is 0. The number of likely N-dealkylation sites (tertiary alicyclic amines) is 1. The minimum absolute atomic E-state index is 0.0219. The third kappa shape index (κ3) is 3.83. The molecule has 1 spiro atoms. The summed E-state index contributed by atoms with van der Waals surface area (Å²) in [6.07, 6.45) is 7.90. The van der Waals surface area contributed by atoms with Crippen LogP contribution in [0, 0.1) is 0 Å². The average molecular weight is 346 g/mol. The van der Waals surface area contributed by atoms with Gasteiger partial charge in [0.15, 0.2) is 0 Å². The minimum atomic E-state index is -0.364. The Morgan fingerprint density at radius 1 is 1.28 bits per heavy atom. The first kappa shape index (κ1) is 16.9. The molecule has 0 bridgehead atoms. The quantitative estimate of drug-likeness (QED) is 0.812. The first-order valence-electron chi connectivity index (χ1n) is 9.28. The summed E-state index contributed by atoms with van der Waals surface area (Å²) in [6, 6.07) is 1.71. The Morgan fingerprint density at radius 2 is 2.16 bits per heavy atom. The molecule has 3 saturated heterocycles. The molecule has 4 heterocycles. The van der Waals surface area contributed by atoms with Crippen LogP contribution in [0.15, 0.2) is 18.5 Å². The van der Waals surface area contributed by atoms with Crippen molar-refractivity contribution in [2.75, 3.05) is 45.9 Å². The summed E-state index contributed by atoms with van der Waals surface area (Å²) in [5, 5.41) is 7.56. The molecule has 0 N–H and O–H groups in total. The van der Waals surface area contributed by atoms with E-state index in [4.69, 9.17) is 9.47 Å². The van der Waals surface area contributed by atoms with Gasteiger partial charge in [-0.25, -0.2) is 0 Å². The number of carbonyl (C=O) groups is 1. The van der Waals surface area contributed by atoms with Crippen LogP contribution in [0.4, 0.5) is 0 Å². The molecule has 0 radical (unpaired) electrons. The molecule has 7 nitrogen and oxygen atoms in total. The first-order valence-corrected chi connectivity index (χ1v) is 9.28. The normalized spacial score (nSPS) is 30.7. The number of hydrogen-bond acceptors (Lipinski definition) is 6. The van der Waals surface area contributed by atoms with E-state index in [1.165, 1.54) is 32.1 Å². The van der Waals surface area contributed by atoms with Gasteiger partial charge in [0.25, 0.3) is 5.91 Å². The van der Waals surface area contributed by atoms with E-state index in [2.05, 4.69) is 15.1 Å². The van der Waals surface area contributed by atoms with E-state index in [1.54, 1.807) is 12.3 Å². The third-order valence-corrected chi connectivity index (χ3v) is 5.47. The number of carbonyl (C=O) groups excluding carboxylic acids is 1. The van der Waals surface area contributed by atoms with Crippen molar-refractivity contribution >= 4 is 5.91 Å². The van der Waals surface area contributed by atoms with Crippen LogP contribution < -0.4 is 0 Å². The van der Waals surface area contributed by atoms with E-state index in [9.17, 15) is 4.79 Å². The van der Waals surface area contributed by atoms with E-state index >= 15 is 0 Å². The monoisotopic (exact) mass is 346 g/mol. The van der Waals surface area contributed by atoms with Crippen LogP contribution in [0.5, 0.6) is 0 Å². The highest BCUT2D eigenvalue weighted by molar-refractivity contribution is 5.93. The van der Waals surface area contributed by atoms with E-state index in [1.807, 2.05) is 4.90 Å². The Labute approximate surface area is 148 Å². The van der Waals surface area contributed by atoms with Gasteiger partial charge < -0.3 is 19.3 Å². The second-order valence-electron chi connectivity index (χ2n) is 7.38. The summed E-state index contributed by atoms with van der Waals surface area (Å²) < 4.78 is 12.3. The van der Waals surface area contributed by atoms with Crippen molar-refractivity contribution in [2.24, 2.45) is 0 Å². The van der Waals surface area contributed by atoms with Crippen LogP contribution >= 0.6 is 0 Å². The molecular weight excluding hydrogens is 320 g/mol. The summed E-state index contributed by atoms with van der Waals surface area (Å²) in [5.41, 5.74) is 0.204. The van der Waals surface area contributed by atoms with Gasteiger partial charge in [-0.3, -0.25) is 4.79 Å². The topological polar surface area (TPSA) is 67.8 Å². The predicted molar refractivity (Wildman–Crippen MR) is 91.3 cm³/mol. The molecule has 25 heavy (non-hydrogen) atoms. The Bertz CT molecular complexity index is 593. The maximum atomic E-state index is 12.8. The number of rotatable bonds is 3. The highest BCUT2D eigenvalue weighted by Crippen LogP contribution is 2.34. The standard InChI is InChI=1S/C18H26N4O3/c23-17(15-4-6-19-20-11-15)22-9-10-24-14-18(13-22)5-3-16(25-18)12-21-7-1-2-8-21/h4,6,11,16H,1-3,5,7-10,12-14H2/t16-,18+/m1/s1. The van der Waals surface area contributed by atoms with Gasteiger partial charge >= 0.3 is 0 Å². The Hall–Kier alpha value is -1.57. The van der Waals surface area contributed by atoms with Crippen molar-refractivity contribution in [1.29, 1.82) is 0 Å². The summed E-state index contributed by atoms with van der Waals surface area (Å²) >= 11 is 0. The maximum absolute atomic E-state index is 12.8. The summed E-state index contributed by atoms with van der Waals surface area (Å²) in [6.45, 7) is 5.66. The van der Waals surface area contributed by atoms with Crippen molar-refractivity contribution in [3.8, 4) is 0 Å². The summed E-state index contributed by atoms with van der Waals surface area (Å²) in [4.78, 5) is 17.1. The Balaban J connectivity index is 1.42. The van der Waals surface area contributed by atoms with Gasteiger partial charge in [-0.15, -0.1) is 0 Å². The first-order chi connectivity index (χ1) is 12.2. The van der Waals surface area contributed by atoms with Gasteiger partial charge in [0.05, 0.1) is 43.8 Å². The van der Waals surface area contributed by atoms with Gasteiger partial charge in [0, 0.05) is 13.1 Å². The lowest BCUT2D eigenvalue weighted by Crippen LogP contribution is -2.47. The van der Waals surface area contributed by atoms with Crippen molar-refractivity contribution < 1.29 is 14.3 Å². The molecule has 0 unspecified atom stereocenters. The van der Waals surface area contributed by atoms with Crippen LogP contribution in [-0.2, 0) is 9.47 Å². The number of aromatic nitrogens is 2. The second kappa shape index (κ2) is 7.35. The van der Waals surface area contributed by atoms with Gasteiger partial charge in [0.1, 0.15) is 5.60 Å². The van der Waals surface area contributed by atoms with Crippen molar-refractivity contribution in [2.45, 2.75) is 37.4 Å². The molecule has 0 aromatic carbocycles. The van der Waals surface area contributed by atoms with Crippen LogP contribution in [-0.4, -0.2) is 83.5 Å². The third-order valence-electron chi connectivity index (χ3n) is 5.47. The lowest BCUT2D eigenvalue weighted by Gasteiger charge is -2.32. The molecule has 1 aromatic heterocycles. The predicted octanol–water partition coefficient (Wildman–Crippen LogP) is 0.963.